The second-order valence-electron chi connectivity index (χ2n) is 7.16. The molecule has 0 aliphatic heterocycles. The average molecular weight is 437 g/mol. The van der Waals surface area contributed by atoms with Crippen molar-refractivity contribution in [1.82, 2.24) is 19.9 Å². The molecule has 0 bridgehead atoms. The molecule has 0 amide bonds. The van der Waals surface area contributed by atoms with Gasteiger partial charge in [-0.15, -0.1) is 11.8 Å². The highest BCUT2D eigenvalue weighted by Gasteiger charge is 2.14. The van der Waals surface area contributed by atoms with Crippen LogP contribution in [0.25, 0.3) is 44.8 Å². The van der Waals surface area contributed by atoms with Gasteiger partial charge < -0.3 is 4.74 Å². The SMILES string of the molecule is COc1ccc2cc(-c3cc(-c4ccccn4)nc(-c4ccccn4)c3)c(SC)nc2c1. The molecule has 5 nitrogen and oxygen atoms in total. The summed E-state index contributed by atoms with van der Waals surface area (Å²) >= 11 is 1.62. The van der Waals surface area contributed by atoms with Crippen molar-refractivity contribution in [3.05, 3.63) is 85.2 Å². The Morgan fingerprint density at radius 2 is 1.41 bits per heavy atom. The van der Waals surface area contributed by atoms with Crippen LogP contribution >= 0.6 is 11.8 Å². The second kappa shape index (κ2) is 8.77. The first-order chi connectivity index (χ1) is 15.7. The van der Waals surface area contributed by atoms with Gasteiger partial charge in [-0.3, -0.25) is 9.97 Å². The smallest absolute Gasteiger partial charge is 0.121 e. The number of ether oxygens (including phenoxy) is 1. The number of hydrogen-bond acceptors (Lipinski definition) is 6. The first-order valence-electron chi connectivity index (χ1n) is 10.1. The van der Waals surface area contributed by atoms with E-state index in [1.165, 1.54) is 0 Å². The molecule has 0 N–H and O–H groups in total. The van der Waals surface area contributed by atoms with Crippen LogP contribution in [0.2, 0.25) is 0 Å². The van der Waals surface area contributed by atoms with Crippen LogP contribution < -0.4 is 4.74 Å². The molecular weight excluding hydrogens is 416 g/mol. The summed E-state index contributed by atoms with van der Waals surface area (Å²) in [6.45, 7) is 0. The summed E-state index contributed by atoms with van der Waals surface area (Å²) in [6, 6.07) is 23.9. The number of methoxy groups -OCH3 is 1. The van der Waals surface area contributed by atoms with Crippen LogP contribution in [0, 0.1) is 0 Å². The van der Waals surface area contributed by atoms with Gasteiger partial charge in [-0.2, -0.15) is 0 Å². The number of pyridine rings is 4. The number of aromatic nitrogens is 4. The van der Waals surface area contributed by atoms with E-state index in [0.29, 0.717) is 0 Å². The molecule has 0 saturated carbocycles. The van der Waals surface area contributed by atoms with E-state index in [1.807, 2.05) is 60.9 Å². The van der Waals surface area contributed by atoms with Gasteiger partial charge in [-0.05, 0) is 66.4 Å². The highest BCUT2D eigenvalue weighted by Crippen LogP contribution is 2.36. The summed E-state index contributed by atoms with van der Waals surface area (Å²) < 4.78 is 5.37. The van der Waals surface area contributed by atoms with Crippen molar-refractivity contribution in [2.45, 2.75) is 5.03 Å². The lowest BCUT2D eigenvalue weighted by Gasteiger charge is -2.13. The van der Waals surface area contributed by atoms with Crippen LogP contribution in [-0.2, 0) is 0 Å². The number of hydrogen-bond donors (Lipinski definition) is 0. The lowest BCUT2D eigenvalue weighted by atomic mass is 10.0. The molecule has 0 radical (unpaired) electrons. The first-order valence-corrected chi connectivity index (χ1v) is 11.4. The molecule has 0 saturated heterocycles. The number of nitrogens with zero attached hydrogens (tertiary/aromatic N) is 4. The summed E-state index contributed by atoms with van der Waals surface area (Å²) in [5, 5.41) is 1.99. The quantitative estimate of drug-likeness (QED) is 0.308. The van der Waals surface area contributed by atoms with Gasteiger partial charge in [0.25, 0.3) is 0 Å². The van der Waals surface area contributed by atoms with E-state index >= 15 is 0 Å². The molecule has 1 aromatic carbocycles. The second-order valence-corrected chi connectivity index (χ2v) is 7.96. The molecule has 0 aliphatic rings. The van der Waals surface area contributed by atoms with Crippen molar-refractivity contribution in [3.63, 3.8) is 0 Å². The molecule has 0 aliphatic carbocycles. The van der Waals surface area contributed by atoms with Crippen molar-refractivity contribution < 1.29 is 4.74 Å². The molecule has 4 heterocycles. The van der Waals surface area contributed by atoms with E-state index in [2.05, 4.69) is 28.2 Å². The molecule has 5 aromatic rings. The lowest BCUT2D eigenvalue weighted by Crippen LogP contribution is -1.96. The van der Waals surface area contributed by atoms with Gasteiger partial charge in [-0.1, -0.05) is 12.1 Å². The van der Waals surface area contributed by atoms with Crippen molar-refractivity contribution in [2.24, 2.45) is 0 Å². The normalized spacial score (nSPS) is 10.9. The van der Waals surface area contributed by atoms with Crippen LogP contribution in [0.1, 0.15) is 0 Å². The van der Waals surface area contributed by atoms with Gasteiger partial charge >= 0.3 is 0 Å². The van der Waals surface area contributed by atoms with E-state index in [-0.39, 0.29) is 0 Å². The minimum atomic E-state index is 0.795. The van der Waals surface area contributed by atoms with E-state index < -0.39 is 0 Å². The summed E-state index contributed by atoms with van der Waals surface area (Å²) in [7, 11) is 1.67. The molecule has 0 atom stereocenters. The Balaban J connectivity index is 1.74. The number of rotatable bonds is 5. The van der Waals surface area contributed by atoms with Gasteiger partial charge in [0.2, 0.25) is 0 Å². The fraction of sp³-hybridized carbons (Fsp3) is 0.0769. The molecule has 156 valence electrons. The van der Waals surface area contributed by atoms with E-state index in [9.17, 15) is 0 Å². The summed E-state index contributed by atoms with van der Waals surface area (Å²) in [4.78, 5) is 18.8. The maximum Gasteiger partial charge on any atom is 0.121 e. The fourth-order valence-electron chi connectivity index (χ4n) is 3.60. The van der Waals surface area contributed by atoms with Crippen molar-refractivity contribution in [3.8, 4) is 39.7 Å². The molecule has 0 unspecified atom stereocenters. The van der Waals surface area contributed by atoms with Gasteiger partial charge in [-0.25, -0.2) is 9.97 Å². The Kier molecular flexibility index (Phi) is 5.52. The minimum absolute atomic E-state index is 0.795. The van der Waals surface area contributed by atoms with Crippen molar-refractivity contribution in [2.75, 3.05) is 13.4 Å². The third-order valence-corrected chi connectivity index (χ3v) is 5.87. The summed E-state index contributed by atoms with van der Waals surface area (Å²) in [5.41, 5.74) is 6.20. The maximum absolute atomic E-state index is 5.37. The zero-order valence-electron chi connectivity index (χ0n) is 17.7. The monoisotopic (exact) mass is 436 g/mol. The van der Waals surface area contributed by atoms with Crippen LogP contribution in [-0.4, -0.2) is 33.3 Å². The Morgan fingerprint density at radius 3 is 1.97 bits per heavy atom. The molecule has 4 aromatic heterocycles. The third kappa shape index (κ3) is 3.92. The highest BCUT2D eigenvalue weighted by molar-refractivity contribution is 7.98. The van der Waals surface area contributed by atoms with Gasteiger partial charge in [0, 0.05) is 29.4 Å². The van der Waals surface area contributed by atoms with E-state index in [4.69, 9.17) is 14.7 Å². The van der Waals surface area contributed by atoms with E-state index in [0.717, 1.165) is 55.6 Å². The summed E-state index contributed by atoms with van der Waals surface area (Å²) in [6.07, 6.45) is 5.60. The topological polar surface area (TPSA) is 60.8 Å². The highest BCUT2D eigenvalue weighted by atomic mass is 32.2. The molecule has 6 heteroatoms. The first kappa shape index (κ1) is 20.2. The van der Waals surface area contributed by atoms with Gasteiger partial charge in [0.1, 0.15) is 10.8 Å². The Morgan fingerprint density at radius 1 is 0.719 bits per heavy atom. The van der Waals surface area contributed by atoms with E-state index in [1.54, 1.807) is 31.3 Å². The number of benzene rings is 1. The van der Waals surface area contributed by atoms with Crippen LogP contribution in [0.15, 0.2) is 90.2 Å². The average Bonchev–Trinajstić information content (AvgIpc) is 2.88. The number of thioether (sulfide) groups is 1. The minimum Gasteiger partial charge on any atom is -0.497 e. The fourth-order valence-corrected chi connectivity index (χ4v) is 4.18. The lowest BCUT2D eigenvalue weighted by molar-refractivity contribution is 0.415. The van der Waals surface area contributed by atoms with Crippen LogP contribution in [0.5, 0.6) is 5.75 Å². The zero-order valence-corrected chi connectivity index (χ0v) is 18.5. The van der Waals surface area contributed by atoms with Crippen LogP contribution in [0.3, 0.4) is 0 Å². The van der Waals surface area contributed by atoms with Gasteiger partial charge in [0.05, 0.1) is 35.4 Å². The maximum atomic E-state index is 5.37. The summed E-state index contributed by atoms with van der Waals surface area (Å²) in [5.74, 6) is 0.795. The largest absolute Gasteiger partial charge is 0.497 e. The molecule has 32 heavy (non-hydrogen) atoms. The Labute approximate surface area is 190 Å². The predicted octanol–water partition coefficient (Wildman–Crippen LogP) is 6.15. The molecule has 5 rings (SSSR count). The van der Waals surface area contributed by atoms with Gasteiger partial charge in [0.15, 0.2) is 0 Å². The zero-order chi connectivity index (χ0) is 21.9. The predicted molar refractivity (Wildman–Crippen MR) is 130 cm³/mol. The standard InChI is InChI=1S/C26H20N4OS/c1-31-19-10-9-17-13-20(26(32-2)30-23(17)16-19)18-14-24(21-7-3-5-11-27-21)29-25(15-18)22-8-4-6-12-28-22/h3-16H,1-2H3. The van der Waals surface area contributed by atoms with Crippen molar-refractivity contribution >= 4 is 22.7 Å². The van der Waals surface area contributed by atoms with Crippen molar-refractivity contribution in [1.29, 1.82) is 0 Å². The molecular formula is C26H20N4OS. The Hall–Kier alpha value is -3.77. The Bertz CT molecular complexity index is 1330. The van der Waals surface area contributed by atoms with Crippen LogP contribution in [0.4, 0.5) is 0 Å². The number of fused-ring (bicyclic) bond motifs is 1. The molecule has 0 spiro atoms. The molecule has 0 fully saturated rings. The third-order valence-electron chi connectivity index (χ3n) is 5.17.